The number of fused-ring (bicyclic) bond motifs is 1. The Balaban J connectivity index is 1.68. The van der Waals surface area contributed by atoms with Gasteiger partial charge in [0, 0.05) is 30.7 Å². The molecule has 21 heavy (non-hydrogen) atoms. The van der Waals surface area contributed by atoms with Crippen LogP contribution < -0.4 is 5.32 Å². The molecule has 4 unspecified atom stereocenters. The van der Waals surface area contributed by atoms with Gasteiger partial charge in [0.25, 0.3) is 0 Å². The van der Waals surface area contributed by atoms with Crippen LogP contribution >= 0.6 is 11.8 Å². The van der Waals surface area contributed by atoms with Crippen LogP contribution in [-0.2, 0) is 9.47 Å². The summed E-state index contributed by atoms with van der Waals surface area (Å²) in [7, 11) is 1.73. The van der Waals surface area contributed by atoms with Crippen LogP contribution in [-0.4, -0.2) is 37.7 Å². The summed E-state index contributed by atoms with van der Waals surface area (Å²) < 4.78 is 24.7. The standard InChI is InChI=1S/C16H22FNO2S/c1-3-20-14-9-13(16(14)19-2)18-12-6-7-21-15-5-4-10(17)8-11(12)15/h4-5,8,12-14,16,18H,3,6-7,9H2,1-2H3. The average Bonchev–Trinajstić information content (AvgIpc) is 2.46. The lowest BCUT2D eigenvalue weighted by Crippen LogP contribution is -2.60. The van der Waals surface area contributed by atoms with Gasteiger partial charge in [0.1, 0.15) is 5.82 Å². The zero-order valence-corrected chi connectivity index (χ0v) is 13.3. The van der Waals surface area contributed by atoms with Crippen molar-refractivity contribution >= 4 is 11.8 Å². The molecule has 0 radical (unpaired) electrons. The van der Waals surface area contributed by atoms with Gasteiger partial charge in [-0.15, -0.1) is 11.8 Å². The van der Waals surface area contributed by atoms with Crippen LogP contribution in [0.4, 0.5) is 4.39 Å². The van der Waals surface area contributed by atoms with Gasteiger partial charge in [-0.25, -0.2) is 4.39 Å². The monoisotopic (exact) mass is 311 g/mol. The molecule has 1 saturated carbocycles. The minimum Gasteiger partial charge on any atom is -0.377 e. The van der Waals surface area contributed by atoms with Crippen molar-refractivity contribution in [1.82, 2.24) is 5.32 Å². The third-order valence-electron chi connectivity index (χ3n) is 4.33. The van der Waals surface area contributed by atoms with E-state index in [9.17, 15) is 4.39 Å². The molecular formula is C16H22FNO2S. The Labute approximate surface area is 129 Å². The smallest absolute Gasteiger partial charge is 0.123 e. The van der Waals surface area contributed by atoms with Gasteiger partial charge >= 0.3 is 0 Å². The average molecular weight is 311 g/mol. The van der Waals surface area contributed by atoms with E-state index >= 15 is 0 Å². The third kappa shape index (κ3) is 3.11. The molecule has 1 aliphatic carbocycles. The fraction of sp³-hybridized carbons (Fsp3) is 0.625. The molecule has 0 amide bonds. The Morgan fingerprint density at radius 2 is 2.29 bits per heavy atom. The molecule has 1 heterocycles. The van der Waals surface area contributed by atoms with Crippen LogP contribution in [0, 0.1) is 5.82 Å². The highest BCUT2D eigenvalue weighted by atomic mass is 32.2. The Morgan fingerprint density at radius 1 is 1.43 bits per heavy atom. The number of ether oxygens (including phenoxy) is 2. The molecule has 1 N–H and O–H groups in total. The lowest BCUT2D eigenvalue weighted by Gasteiger charge is -2.45. The van der Waals surface area contributed by atoms with Gasteiger partial charge in [-0.3, -0.25) is 0 Å². The number of halogens is 1. The second-order valence-corrected chi connectivity index (χ2v) is 6.71. The molecule has 1 aromatic rings. The summed E-state index contributed by atoms with van der Waals surface area (Å²) in [5, 5.41) is 3.64. The van der Waals surface area contributed by atoms with Gasteiger partial charge in [-0.1, -0.05) is 0 Å². The minimum atomic E-state index is -0.160. The van der Waals surface area contributed by atoms with E-state index in [2.05, 4.69) is 5.32 Å². The summed E-state index contributed by atoms with van der Waals surface area (Å²) in [6.45, 7) is 2.72. The largest absolute Gasteiger partial charge is 0.377 e. The van der Waals surface area contributed by atoms with Crippen LogP contribution in [0.2, 0.25) is 0 Å². The lowest BCUT2D eigenvalue weighted by atomic mass is 9.84. The second-order valence-electron chi connectivity index (χ2n) is 5.57. The molecule has 0 spiro atoms. The Morgan fingerprint density at radius 3 is 3.05 bits per heavy atom. The first-order chi connectivity index (χ1) is 10.2. The summed E-state index contributed by atoms with van der Waals surface area (Å²) in [6, 6.07) is 5.60. The molecule has 0 saturated heterocycles. The number of methoxy groups -OCH3 is 1. The predicted octanol–water partition coefficient (Wildman–Crippen LogP) is 3.14. The molecule has 0 bridgehead atoms. The Kier molecular flexibility index (Phi) is 4.84. The van der Waals surface area contributed by atoms with Crippen molar-refractivity contribution in [3.05, 3.63) is 29.6 Å². The highest BCUT2D eigenvalue weighted by Crippen LogP contribution is 2.38. The van der Waals surface area contributed by atoms with E-state index in [1.807, 2.05) is 13.0 Å². The topological polar surface area (TPSA) is 30.5 Å². The van der Waals surface area contributed by atoms with Gasteiger partial charge in [0.15, 0.2) is 0 Å². The number of benzene rings is 1. The Bertz CT molecular complexity index is 499. The molecular weight excluding hydrogens is 289 g/mol. The summed E-state index contributed by atoms with van der Waals surface area (Å²) in [5.74, 6) is 0.905. The van der Waals surface area contributed by atoms with Crippen molar-refractivity contribution < 1.29 is 13.9 Å². The van der Waals surface area contributed by atoms with E-state index in [0.29, 0.717) is 6.61 Å². The van der Waals surface area contributed by atoms with Gasteiger partial charge in [0.2, 0.25) is 0 Å². The molecule has 0 aromatic heterocycles. The SMILES string of the molecule is CCOC1CC(NC2CCSc3ccc(F)cc32)C1OC. The first-order valence-corrected chi connectivity index (χ1v) is 8.54. The van der Waals surface area contributed by atoms with E-state index in [0.717, 1.165) is 24.2 Å². The fourth-order valence-electron chi connectivity index (χ4n) is 3.23. The van der Waals surface area contributed by atoms with Gasteiger partial charge < -0.3 is 14.8 Å². The van der Waals surface area contributed by atoms with Crippen molar-refractivity contribution in [3.63, 3.8) is 0 Å². The van der Waals surface area contributed by atoms with E-state index in [4.69, 9.17) is 9.47 Å². The first kappa shape index (κ1) is 15.3. The first-order valence-electron chi connectivity index (χ1n) is 7.55. The molecule has 4 atom stereocenters. The number of hydrogen-bond acceptors (Lipinski definition) is 4. The number of rotatable bonds is 5. The maximum Gasteiger partial charge on any atom is 0.123 e. The van der Waals surface area contributed by atoms with Crippen molar-refractivity contribution in [1.29, 1.82) is 0 Å². The second kappa shape index (κ2) is 6.65. The van der Waals surface area contributed by atoms with Crippen LogP contribution in [0.15, 0.2) is 23.1 Å². The molecule has 2 aliphatic rings. The fourth-order valence-corrected chi connectivity index (χ4v) is 4.34. The van der Waals surface area contributed by atoms with Crippen molar-refractivity contribution in [2.24, 2.45) is 0 Å². The van der Waals surface area contributed by atoms with Crippen LogP contribution in [0.5, 0.6) is 0 Å². The molecule has 3 rings (SSSR count). The zero-order chi connectivity index (χ0) is 14.8. The predicted molar refractivity (Wildman–Crippen MR) is 82.2 cm³/mol. The highest BCUT2D eigenvalue weighted by molar-refractivity contribution is 7.99. The van der Waals surface area contributed by atoms with E-state index in [1.54, 1.807) is 31.0 Å². The van der Waals surface area contributed by atoms with Crippen molar-refractivity contribution in [2.45, 2.75) is 49.0 Å². The van der Waals surface area contributed by atoms with Crippen LogP contribution in [0.25, 0.3) is 0 Å². The quantitative estimate of drug-likeness (QED) is 0.905. The molecule has 5 heteroatoms. The lowest BCUT2D eigenvalue weighted by molar-refractivity contribution is -0.133. The summed E-state index contributed by atoms with van der Waals surface area (Å²) >= 11 is 1.81. The van der Waals surface area contributed by atoms with E-state index < -0.39 is 0 Å². The maximum atomic E-state index is 13.5. The van der Waals surface area contributed by atoms with Gasteiger partial charge in [-0.2, -0.15) is 0 Å². The van der Waals surface area contributed by atoms with Crippen LogP contribution in [0.3, 0.4) is 0 Å². The normalized spacial score (nSPS) is 31.6. The number of nitrogens with one attached hydrogen (secondary N) is 1. The maximum absolute atomic E-state index is 13.5. The van der Waals surface area contributed by atoms with E-state index in [1.165, 1.54) is 4.90 Å². The minimum absolute atomic E-state index is 0.0940. The molecule has 1 fully saturated rings. The summed E-state index contributed by atoms with van der Waals surface area (Å²) in [5.41, 5.74) is 1.08. The number of thioether (sulfide) groups is 1. The molecule has 3 nitrogen and oxygen atoms in total. The van der Waals surface area contributed by atoms with Gasteiger partial charge in [0.05, 0.1) is 12.2 Å². The molecule has 1 aromatic carbocycles. The third-order valence-corrected chi connectivity index (χ3v) is 5.45. The highest BCUT2D eigenvalue weighted by Gasteiger charge is 2.43. The zero-order valence-electron chi connectivity index (χ0n) is 12.5. The molecule has 1 aliphatic heterocycles. The van der Waals surface area contributed by atoms with E-state index in [-0.39, 0.29) is 30.1 Å². The molecule has 116 valence electrons. The van der Waals surface area contributed by atoms with Crippen molar-refractivity contribution in [2.75, 3.05) is 19.5 Å². The van der Waals surface area contributed by atoms with Crippen molar-refractivity contribution in [3.8, 4) is 0 Å². The van der Waals surface area contributed by atoms with Gasteiger partial charge in [-0.05, 0) is 49.3 Å². The summed E-state index contributed by atoms with van der Waals surface area (Å²) in [6.07, 6.45) is 2.26. The van der Waals surface area contributed by atoms with Crippen LogP contribution in [0.1, 0.15) is 31.4 Å². The summed E-state index contributed by atoms with van der Waals surface area (Å²) in [4.78, 5) is 1.19. The number of hydrogen-bond donors (Lipinski definition) is 1. The Hall–Kier alpha value is -0.620.